The molecular formula is C11H16N6O6. The van der Waals surface area contributed by atoms with Crippen molar-refractivity contribution in [1.29, 1.82) is 0 Å². The summed E-state index contributed by atoms with van der Waals surface area (Å²) >= 11 is 0. The van der Waals surface area contributed by atoms with Crippen molar-refractivity contribution < 1.29 is 28.5 Å². The summed E-state index contributed by atoms with van der Waals surface area (Å²) in [5, 5.41) is 6.76. The molecule has 1 aliphatic heterocycles. The van der Waals surface area contributed by atoms with Crippen molar-refractivity contribution in [3.8, 4) is 0 Å². The van der Waals surface area contributed by atoms with Crippen molar-refractivity contribution in [1.82, 2.24) is 0 Å². The van der Waals surface area contributed by atoms with Crippen molar-refractivity contribution in [2.24, 2.45) is 10.2 Å². The minimum absolute atomic E-state index is 0.163. The van der Waals surface area contributed by atoms with Gasteiger partial charge in [0.25, 0.3) is 0 Å². The van der Waals surface area contributed by atoms with Gasteiger partial charge in [0.15, 0.2) is 12.2 Å². The molecule has 0 radical (unpaired) electrons. The Bertz CT molecular complexity index is 483. The van der Waals surface area contributed by atoms with Crippen LogP contribution >= 0.6 is 0 Å². The Hall–Kier alpha value is -2.52. The normalized spacial score (nSPS) is 26.9. The molecule has 0 saturated carbocycles. The van der Waals surface area contributed by atoms with E-state index in [2.05, 4.69) is 20.1 Å². The average Bonchev–Trinajstić information content (AvgIpc) is 2.63. The van der Waals surface area contributed by atoms with Gasteiger partial charge in [-0.1, -0.05) is 10.2 Å². The Balaban J connectivity index is 3.13. The molecule has 0 aliphatic carbocycles. The topological polar surface area (TPSA) is 169 Å². The van der Waals surface area contributed by atoms with E-state index in [0.717, 1.165) is 0 Å². The summed E-state index contributed by atoms with van der Waals surface area (Å²) < 4.78 is 21.0. The van der Waals surface area contributed by atoms with E-state index in [-0.39, 0.29) is 19.9 Å². The molecule has 0 N–H and O–H groups in total. The molecule has 23 heavy (non-hydrogen) atoms. The third-order valence-electron chi connectivity index (χ3n) is 2.87. The maximum absolute atomic E-state index is 11.4. The van der Waals surface area contributed by atoms with Gasteiger partial charge in [0.1, 0.15) is 19.0 Å². The predicted molar refractivity (Wildman–Crippen MR) is 73.7 cm³/mol. The van der Waals surface area contributed by atoms with Crippen molar-refractivity contribution in [2.45, 2.75) is 38.3 Å². The Labute approximate surface area is 130 Å². The lowest BCUT2D eigenvalue weighted by atomic mass is 10.0. The van der Waals surface area contributed by atoms with Crippen LogP contribution in [0.4, 0.5) is 0 Å². The van der Waals surface area contributed by atoms with Gasteiger partial charge < -0.3 is 18.9 Å². The number of rotatable bonds is 6. The first-order chi connectivity index (χ1) is 11.0. The second kappa shape index (κ2) is 9.49. The van der Waals surface area contributed by atoms with Crippen LogP contribution in [0, 0.1) is 0 Å². The van der Waals surface area contributed by atoms with Crippen LogP contribution < -0.4 is 0 Å². The van der Waals surface area contributed by atoms with Crippen LogP contribution in [0.25, 0.3) is 20.9 Å². The molecule has 0 spiro atoms. The van der Waals surface area contributed by atoms with Crippen LogP contribution in [0.5, 0.6) is 0 Å². The molecule has 4 atom stereocenters. The van der Waals surface area contributed by atoms with Crippen molar-refractivity contribution >= 4 is 11.9 Å². The zero-order chi connectivity index (χ0) is 17.2. The van der Waals surface area contributed by atoms with Crippen molar-refractivity contribution in [3.05, 3.63) is 20.9 Å². The standard InChI is InChI=1S/C11H16N6O6/c1-6(18)22-10-8(3-14-16-12)20-5-21-9(4-15-17-13)11(10)23-7(2)19/h8-11H,3-5H2,1-2H3/t8-,9+,10+,11-. The van der Waals surface area contributed by atoms with Gasteiger partial charge in [-0.3, -0.25) is 9.59 Å². The van der Waals surface area contributed by atoms with E-state index in [1.54, 1.807) is 0 Å². The Morgan fingerprint density at radius 3 is 1.70 bits per heavy atom. The number of hydrogen-bond donors (Lipinski definition) is 0. The van der Waals surface area contributed by atoms with Crippen LogP contribution in [0.1, 0.15) is 13.8 Å². The minimum atomic E-state index is -1.08. The summed E-state index contributed by atoms with van der Waals surface area (Å²) in [6.07, 6.45) is -3.92. The van der Waals surface area contributed by atoms with E-state index < -0.39 is 36.4 Å². The molecule has 0 unspecified atom stereocenters. The summed E-state index contributed by atoms with van der Waals surface area (Å²) in [4.78, 5) is 27.9. The highest BCUT2D eigenvalue weighted by Gasteiger charge is 2.43. The maximum Gasteiger partial charge on any atom is 0.303 e. The van der Waals surface area contributed by atoms with Gasteiger partial charge in [0.2, 0.25) is 0 Å². The number of ether oxygens (including phenoxy) is 4. The minimum Gasteiger partial charge on any atom is -0.456 e. The molecule has 12 nitrogen and oxygen atoms in total. The molecule has 0 aromatic rings. The predicted octanol–water partition coefficient (Wildman–Crippen LogP) is 1.21. The molecular weight excluding hydrogens is 312 g/mol. The third kappa shape index (κ3) is 6.01. The second-order valence-electron chi connectivity index (χ2n) is 4.50. The summed E-state index contributed by atoms with van der Waals surface area (Å²) in [5.41, 5.74) is 16.9. The van der Waals surface area contributed by atoms with Crippen LogP contribution in [0.2, 0.25) is 0 Å². The molecule has 1 rings (SSSR count). The first-order valence-corrected chi connectivity index (χ1v) is 6.59. The molecule has 0 aromatic heterocycles. The zero-order valence-corrected chi connectivity index (χ0v) is 12.6. The highest BCUT2D eigenvalue weighted by atomic mass is 16.7. The average molecular weight is 328 g/mol. The van der Waals surface area contributed by atoms with Crippen LogP contribution in [-0.2, 0) is 28.5 Å². The molecule has 0 aromatic carbocycles. The largest absolute Gasteiger partial charge is 0.456 e. The van der Waals surface area contributed by atoms with Gasteiger partial charge in [-0.25, -0.2) is 0 Å². The molecule has 0 bridgehead atoms. The lowest BCUT2D eigenvalue weighted by Gasteiger charge is -2.31. The lowest BCUT2D eigenvalue weighted by Crippen LogP contribution is -2.50. The number of carbonyl (C=O) groups is 2. The first kappa shape index (κ1) is 18.5. The molecule has 1 heterocycles. The van der Waals surface area contributed by atoms with Crippen molar-refractivity contribution in [3.63, 3.8) is 0 Å². The Kier molecular flexibility index (Phi) is 7.64. The number of carbonyl (C=O) groups excluding carboxylic acids is 2. The zero-order valence-electron chi connectivity index (χ0n) is 12.6. The third-order valence-corrected chi connectivity index (χ3v) is 2.87. The van der Waals surface area contributed by atoms with E-state index >= 15 is 0 Å². The van der Waals surface area contributed by atoms with Gasteiger partial charge in [-0.15, -0.1) is 0 Å². The monoisotopic (exact) mass is 328 g/mol. The SMILES string of the molecule is CC(=O)O[C@@H]1[C@H](OC(C)=O)[C@H](CN=[N+]=[N-])OCO[C@@H]1CN=[N+]=[N-]. The Morgan fingerprint density at radius 2 is 1.39 bits per heavy atom. The second-order valence-corrected chi connectivity index (χ2v) is 4.50. The highest BCUT2D eigenvalue weighted by molar-refractivity contribution is 5.67. The number of azide groups is 2. The van der Waals surface area contributed by atoms with Crippen LogP contribution in [-0.4, -0.2) is 56.2 Å². The number of hydrogen-bond acceptors (Lipinski definition) is 8. The summed E-state index contributed by atoms with van der Waals surface area (Å²) in [6, 6.07) is 0. The summed E-state index contributed by atoms with van der Waals surface area (Å²) in [5.74, 6) is -1.29. The first-order valence-electron chi connectivity index (χ1n) is 6.59. The van der Waals surface area contributed by atoms with Gasteiger partial charge in [0.05, 0.1) is 13.1 Å². The number of esters is 2. The molecule has 0 amide bonds. The van der Waals surface area contributed by atoms with Crippen LogP contribution in [0.15, 0.2) is 10.2 Å². The van der Waals surface area contributed by atoms with E-state index in [9.17, 15) is 9.59 Å². The molecule has 12 heteroatoms. The van der Waals surface area contributed by atoms with E-state index in [1.165, 1.54) is 13.8 Å². The molecule has 1 aliphatic rings. The van der Waals surface area contributed by atoms with E-state index in [1.807, 2.05) is 0 Å². The smallest absolute Gasteiger partial charge is 0.303 e. The summed E-state index contributed by atoms with van der Waals surface area (Å²) in [6.45, 7) is 1.77. The van der Waals surface area contributed by atoms with Gasteiger partial charge in [0, 0.05) is 23.7 Å². The van der Waals surface area contributed by atoms with E-state index in [4.69, 9.17) is 30.0 Å². The molecule has 1 fully saturated rings. The van der Waals surface area contributed by atoms with Crippen molar-refractivity contribution in [2.75, 3.05) is 19.9 Å². The molecule has 1 saturated heterocycles. The maximum atomic E-state index is 11.4. The fourth-order valence-corrected chi connectivity index (χ4v) is 2.04. The van der Waals surface area contributed by atoms with E-state index in [0.29, 0.717) is 0 Å². The highest BCUT2D eigenvalue weighted by Crippen LogP contribution is 2.23. The fourth-order valence-electron chi connectivity index (χ4n) is 2.04. The Morgan fingerprint density at radius 1 is 1.00 bits per heavy atom. The quantitative estimate of drug-likeness (QED) is 0.307. The van der Waals surface area contributed by atoms with Gasteiger partial charge in [-0.2, -0.15) is 0 Å². The summed E-state index contributed by atoms with van der Waals surface area (Å²) in [7, 11) is 0. The lowest BCUT2D eigenvalue weighted by molar-refractivity contribution is -0.176. The molecule has 126 valence electrons. The van der Waals surface area contributed by atoms with Gasteiger partial charge >= 0.3 is 11.9 Å². The van der Waals surface area contributed by atoms with Crippen LogP contribution in [0.3, 0.4) is 0 Å². The number of nitrogens with zero attached hydrogens (tertiary/aromatic N) is 6. The fraction of sp³-hybridized carbons (Fsp3) is 0.818. The van der Waals surface area contributed by atoms with Gasteiger partial charge in [-0.05, 0) is 11.1 Å².